The van der Waals surface area contributed by atoms with E-state index in [4.69, 9.17) is 5.73 Å². The summed E-state index contributed by atoms with van der Waals surface area (Å²) in [4.78, 5) is 28.6. The number of hydrogen-bond acceptors (Lipinski definition) is 7. The van der Waals surface area contributed by atoms with Gasteiger partial charge in [-0.3, -0.25) is 9.59 Å². The van der Waals surface area contributed by atoms with E-state index in [1.165, 1.54) is 12.1 Å². The van der Waals surface area contributed by atoms with Crippen molar-refractivity contribution in [2.75, 3.05) is 11.1 Å². The molecule has 0 unspecified atom stereocenters. The Morgan fingerprint density at radius 1 is 1.39 bits per heavy atom. The number of nitrogens with two attached hydrogens (primary N) is 1. The molecule has 23 heavy (non-hydrogen) atoms. The number of hydrogen-bond donors (Lipinski definition) is 3. The molecule has 4 N–H and O–H groups in total. The molecule has 0 atom stereocenters. The number of nitrogens with one attached hydrogen (secondary N) is 2. The summed E-state index contributed by atoms with van der Waals surface area (Å²) in [5, 5.41) is 26.6. The molecule has 0 aliphatic carbocycles. The van der Waals surface area contributed by atoms with Crippen molar-refractivity contribution in [2.24, 2.45) is 5.73 Å². The summed E-state index contributed by atoms with van der Waals surface area (Å²) in [6, 6.07) is 7.10. The fourth-order valence-electron chi connectivity index (χ4n) is 1.72. The van der Waals surface area contributed by atoms with Crippen LogP contribution in [0.25, 0.3) is 0 Å². The van der Waals surface area contributed by atoms with Gasteiger partial charge in [-0.05, 0) is 6.92 Å². The number of primary amides is 1. The molecule has 1 heterocycles. The van der Waals surface area contributed by atoms with Crippen molar-refractivity contribution < 1.29 is 15.0 Å². The molecule has 0 radical (unpaired) electrons. The highest BCUT2D eigenvalue weighted by molar-refractivity contribution is 7.99. The van der Waals surface area contributed by atoms with Gasteiger partial charge in [0.05, 0.1) is 5.75 Å². The number of aromatic nitrogens is 2. The highest BCUT2D eigenvalue weighted by Gasteiger charge is 2.09. The lowest BCUT2D eigenvalue weighted by Gasteiger charge is -2.49. The summed E-state index contributed by atoms with van der Waals surface area (Å²) in [7, 11) is 0. The average molecular weight is 334 g/mol. The maximum absolute atomic E-state index is 12.2. The normalized spacial score (nSPS) is 11.3. The number of carbonyl (C=O) groups is 1. The molecule has 0 bridgehead atoms. The van der Waals surface area contributed by atoms with Gasteiger partial charge in [-0.2, -0.15) is 0 Å². The Balaban J connectivity index is 2.22. The number of nitrogens with zero attached hydrogens (tertiary/aromatic N) is 1. The summed E-state index contributed by atoms with van der Waals surface area (Å²) in [6.45, 7) is 1.83. The fourth-order valence-corrected chi connectivity index (χ4v) is 2.34. The minimum atomic E-state index is -2.90. The van der Waals surface area contributed by atoms with Gasteiger partial charge in [-0.15, -0.1) is 0 Å². The predicted molar refractivity (Wildman–Crippen MR) is 81.3 cm³/mol. The summed E-state index contributed by atoms with van der Waals surface area (Å²) in [6.07, 6.45) is 0. The number of rotatable bonds is 6. The number of aromatic amines is 1. The number of anilines is 1. The van der Waals surface area contributed by atoms with Gasteiger partial charge in [0.15, 0.2) is 5.16 Å². The Morgan fingerprint density at radius 3 is 2.65 bits per heavy atom. The molecule has 0 aliphatic heterocycles. The monoisotopic (exact) mass is 334 g/mol. The van der Waals surface area contributed by atoms with Gasteiger partial charge in [-0.25, -0.2) is 4.98 Å². The molecule has 0 fully saturated rings. The molecule has 9 heteroatoms. The van der Waals surface area contributed by atoms with Gasteiger partial charge in [0.2, 0.25) is 5.91 Å². The second kappa shape index (κ2) is 6.82. The van der Waals surface area contributed by atoms with Crippen LogP contribution in [0.1, 0.15) is 11.1 Å². The van der Waals surface area contributed by atoms with Gasteiger partial charge in [0, 0.05) is 6.07 Å². The maximum atomic E-state index is 12.2. The molecule has 1 amide bonds. The third-order valence-corrected chi connectivity index (χ3v) is 3.69. The van der Waals surface area contributed by atoms with Gasteiger partial charge in [-0.1, -0.05) is 53.1 Å². The van der Waals surface area contributed by atoms with Crippen molar-refractivity contribution in [2.45, 2.75) is 18.0 Å². The van der Waals surface area contributed by atoms with Crippen molar-refractivity contribution in [3.8, 4) is 0 Å². The Hall–Kier alpha value is -2.36. The lowest BCUT2D eigenvalue weighted by Crippen LogP contribution is -2.59. The first-order chi connectivity index (χ1) is 10.8. The Kier molecular flexibility index (Phi) is 5.04. The van der Waals surface area contributed by atoms with Gasteiger partial charge in [0.25, 0.3) is 5.56 Å². The van der Waals surface area contributed by atoms with Gasteiger partial charge in [0.1, 0.15) is 5.82 Å². The van der Waals surface area contributed by atoms with Crippen molar-refractivity contribution in [3.05, 3.63) is 51.8 Å². The SMILES string of the molecule is Cc1ccc(C([O-])([O-])Nc2cc(=O)[nH]c(SCC(N)=O)n2)cc1. The summed E-state index contributed by atoms with van der Waals surface area (Å²) >= 11 is 0.895. The van der Waals surface area contributed by atoms with E-state index in [0.717, 1.165) is 23.4 Å². The molecular weight excluding hydrogens is 320 g/mol. The standard InChI is InChI=1S/C14H14N4O4S/c1-8-2-4-9(5-3-8)14(21,22)18-11-6-12(20)17-13(16-11)23-7-10(15)19/h2-6H,7H2,1H3,(H2,15,19)(H2,16,17,18,20)/q-2. The van der Waals surface area contributed by atoms with E-state index in [9.17, 15) is 19.8 Å². The second-order valence-electron chi connectivity index (χ2n) is 4.80. The molecule has 0 saturated carbocycles. The Bertz CT molecular complexity index is 758. The number of carbonyl (C=O) groups excluding carboxylic acids is 1. The zero-order valence-electron chi connectivity index (χ0n) is 12.2. The van der Waals surface area contributed by atoms with Crippen LogP contribution in [0.4, 0.5) is 5.82 Å². The van der Waals surface area contributed by atoms with Gasteiger partial charge < -0.3 is 26.2 Å². The lowest BCUT2D eigenvalue weighted by atomic mass is 10.1. The van der Waals surface area contributed by atoms with Crippen molar-refractivity contribution >= 4 is 23.5 Å². The number of thioether (sulfide) groups is 1. The van der Waals surface area contributed by atoms with E-state index in [-0.39, 0.29) is 22.3 Å². The first-order valence-corrected chi connectivity index (χ1v) is 7.53. The van der Waals surface area contributed by atoms with Crippen molar-refractivity contribution in [1.29, 1.82) is 0 Å². The van der Waals surface area contributed by atoms with Crippen LogP contribution in [0.5, 0.6) is 0 Å². The van der Waals surface area contributed by atoms with Crippen LogP contribution in [-0.2, 0) is 10.7 Å². The third-order valence-electron chi connectivity index (χ3n) is 2.80. The van der Waals surface area contributed by atoms with Gasteiger partial charge >= 0.3 is 0 Å². The minimum Gasteiger partial charge on any atom is -0.844 e. The Labute approximate surface area is 135 Å². The quantitative estimate of drug-likeness (QED) is 0.334. The van der Waals surface area contributed by atoms with E-state index < -0.39 is 17.4 Å². The van der Waals surface area contributed by atoms with E-state index in [1.54, 1.807) is 12.1 Å². The highest BCUT2D eigenvalue weighted by atomic mass is 32.2. The topological polar surface area (TPSA) is 147 Å². The van der Waals surface area contributed by atoms with Crippen LogP contribution in [0.2, 0.25) is 0 Å². The molecule has 1 aromatic heterocycles. The van der Waals surface area contributed by atoms with Crippen LogP contribution >= 0.6 is 11.8 Å². The number of H-pyrrole nitrogens is 1. The molecular formula is C14H14N4O4S-2. The Morgan fingerprint density at radius 2 is 2.04 bits per heavy atom. The van der Waals surface area contributed by atoms with Crippen LogP contribution in [0, 0.1) is 6.92 Å². The smallest absolute Gasteiger partial charge is 0.253 e. The molecule has 8 nitrogen and oxygen atoms in total. The van der Waals surface area contributed by atoms with Crippen molar-refractivity contribution in [3.63, 3.8) is 0 Å². The zero-order valence-corrected chi connectivity index (χ0v) is 13.0. The molecule has 2 rings (SSSR count). The van der Waals surface area contributed by atoms with E-state index in [0.29, 0.717) is 0 Å². The molecule has 0 saturated heterocycles. The average Bonchev–Trinajstić information content (AvgIpc) is 2.44. The fraction of sp³-hybridized carbons (Fsp3) is 0.214. The first kappa shape index (κ1) is 17.0. The molecule has 0 aliphatic rings. The first-order valence-electron chi connectivity index (χ1n) is 6.55. The number of benzene rings is 1. The third kappa shape index (κ3) is 4.81. The summed E-state index contributed by atoms with van der Waals surface area (Å²) < 4.78 is 0. The lowest BCUT2D eigenvalue weighted by molar-refractivity contribution is -0.724. The largest absolute Gasteiger partial charge is 0.844 e. The van der Waals surface area contributed by atoms with Crippen molar-refractivity contribution in [1.82, 2.24) is 9.97 Å². The van der Waals surface area contributed by atoms with Crippen LogP contribution < -0.4 is 26.8 Å². The number of amides is 1. The molecule has 1 aromatic carbocycles. The van der Waals surface area contributed by atoms with Crippen LogP contribution in [-0.4, -0.2) is 21.6 Å². The molecule has 2 aromatic rings. The zero-order chi connectivity index (χ0) is 17.0. The second-order valence-corrected chi connectivity index (χ2v) is 5.76. The summed E-state index contributed by atoms with van der Waals surface area (Å²) in [5.41, 5.74) is 5.33. The predicted octanol–water partition coefficient (Wildman–Crippen LogP) is -1.40. The number of aryl methyl sites for hydroxylation is 1. The minimum absolute atomic E-state index is 0.0310. The highest BCUT2D eigenvalue weighted by Crippen LogP contribution is 2.17. The van der Waals surface area contributed by atoms with E-state index >= 15 is 0 Å². The van der Waals surface area contributed by atoms with E-state index in [1.807, 2.05) is 6.92 Å². The maximum Gasteiger partial charge on any atom is 0.253 e. The van der Waals surface area contributed by atoms with Crippen LogP contribution in [0.3, 0.4) is 0 Å². The molecule has 0 spiro atoms. The summed E-state index contributed by atoms with van der Waals surface area (Å²) in [5.74, 6) is -3.76. The van der Waals surface area contributed by atoms with E-state index in [2.05, 4.69) is 15.3 Å². The molecule has 122 valence electrons. The van der Waals surface area contributed by atoms with Crippen LogP contribution in [0.15, 0.2) is 40.3 Å².